The van der Waals surface area contributed by atoms with E-state index in [2.05, 4.69) is 30.1 Å². The summed E-state index contributed by atoms with van der Waals surface area (Å²) in [5.74, 6) is 1.32. The molecule has 0 aliphatic carbocycles. The average Bonchev–Trinajstić information content (AvgIpc) is 2.48. The molecule has 1 fully saturated rings. The molecule has 2 heterocycles. The van der Waals surface area contributed by atoms with Gasteiger partial charge in [-0.3, -0.25) is 9.89 Å². The smallest absolute Gasteiger partial charge is 0.225 e. The van der Waals surface area contributed by atoms with Crippen LogP contribution in [0.1, 0.15) is 0 Å². The van der Waals surface area contributed by atoms with E-state index in [4.69, 9.17) is 5.73 Å². The van der Waals surface area contributed by atoms with Gasteiger partial charge in [-0.1, -0.05) is 0 Å². The topological polar surface area (TPSA) is 82.7 Å². The molecular weight excluding hydrogens is 369 g/mol. The summed E-state index contributed by atoms with van der Waals surface area (Å²) in [5.41, 5.74) is 5.58. The van der Waals surface area contributed by atoms with Crippen molar-refractivity contribution in [2.24, 2.45) is 10.7 Å². The number of anilines is 1. The number of nitrogens with zero attached hydrogens (tertiary/aromatic N) is 5. The molecule has 2 rings (SSSR count). The maximum atomic E-state index is 5.58. The van der Waals surface area contributed by atoms with Crippen LogP contribution in [0.3, 0.4) is 0 Å². The summed E-state index contributed by atoms with van der Waals surface area (Å²) in [7, 11) is 1.68. The highest BCUT2D eigenvalue weighted by molar-refractivity contribution is 14.0. The van der Waals surface area contributed by atoms with Gasteiger partial charge in [0.15, 0.2) is 5.96 Å². The number of hydrogen-bond donors (Lipinski definition) is 2. The molecule has 0 unspecified atom stereocenters. The van der Waals surface area contributed by atoms with Crippen LogP contribution in [0, 0.1) is 0 Å². The number of rotatable bonds is 4. The minimum atomic E-state index is 0. The van der Waals surface area contributed by atoms with Crippen LogP contribution in [0.15, 0.2) is 23.5 Å². The first-order valence-corrected chi connectivity index (χ1v) is 6.50. The van der Waals surface area contributed by atoms with Crippen LogP contribution in [0.4, 0.5) is 5.95 Å². The van der Waals surface area contributed by atoms with Crippen molar-refractivity contribution in [1.29, 1.82) is 0 Å². The van der Waals surface area contributed by atoms with E-state index in [1.807, 2.05) is 6.07 Å². The lowest BCUT2D eigenvalue weighted by Gasteiger charge is -2.34. The molecule has 1 aliphatic heterocycles. The van der Waals surface area contributed by atoms with Crippen molar-refractivity contribution in [2.75, 3.05) is 51.2 Å². The summed E-state index contributed by atoms with van der Waals surface area (Å²) >= 11 is 0. The Balaban J connectivity index is 0.00000200. The predicted octanol–water partition coefficient (Wildman–Crippen LogP) is -0.249. The Morgan fingerprint density at radius 1 is 1.30 bits per heavy atom. The monoisotopic (exact) mass is 391 g/mol. The fourth-order valence-corrected chi connectivity index (χ4v) is 2.05. The number of aromatic nitrogens is 2. The summed E-state index contributed by atoms with van der Waals surface area (Å²) in [6.45, 7) is 5.75. The van der Waals surface area contributed by atoms with E-state index >= 15 is 0 Å². The Morgan fingerprint density at radius 3 is 2.55 bits per heavy atom. The number of halogens is 1. The highest BCUT2D eigenvalue weighted by Gasteiger charge is 2.17. The fourth-order valence-electron chi connectivity index (χ4n) is 2.05. The van der Waals surface area contributed by atoms with Crippen molar-refractivity contribution in [3.63, 3.8) is 0 Å². The standard InChI is InChI=1S/C12H21N7.HI/c1-14-11(13)15-5-6-18-7-9-19(10-8-18)12-16-3-2-4-17-12;/h2-4H,5-10H2,1H3,(H3,13,14,15);1H. The largest absolute Gasteiger partial charge is 0.370 e. The Bertz CT molecular complexity index is 404. The van der Waals surface area contributed by atoms with Crippen LogP contribution in [-0.2, 0) is 0 Å². The molecule has 0 spiro atoms. The third-order valence-electron chi connectivity index (χ3n) is 3.18. The van der Waals surface area contributed by atoms with E-state index in [9.17, 15) is 0 Å². The predicted molar refractivity (Wildman–Crippen MR) is 91.6 cm³/mol. The van der Waals surface area contributed by atoms with Gasteiger partial charge in [0.25, 0.3) is 0 Å². The highest BCUT2D eigenvalue weighted by Crippen LogP contribution is 2.08. The number of nitrogens with one attached hydrogen (secondary N) is 1. The maximum Gasteiger partial charge on any atom is 0.225 e. The first-order chi connectivity index (χ1) is 9.29. The van der Waals surface area contributed by atoms with Crippen molar-refractivity contribution < 1.29 is 0 Å². The molecule has 1 aromatic heterocycles. The third-order valence-corrected chi connectivity index (χ3v) is 3.18. The van der Waals surface area contributed by atoms with Gasteiger partial charge in [0.2, 0.25) is 5.95 Å². The molecule has 1 aromatic rings. The molecular formula is C12H22IN7. The normalized spacial score (nSPS) is 16.6. The SMILES string of the molecule is CN=C(N)NCCN1CCN(c2ncccn2)CC1.I. The zero-order valence-corrected chi connectivity index (χ0v) is 14.0. The summed E-state index contributed by atoms with van der Waals surface area (Å²) in [6, 6.07) is 1.84. The lowest BCUT2D eigenvalue weighted by molar-refractivity contribution is 0.260. The van der Waals surface area contributed by atoms with E-state index in [1.165, 1.54) is 0 Å². The van der Waals surface area contributed by atoms with Gasteiger partial charge >= 0.3 is 0 Å². The summed E-state index contributed by atoms with van der Waals surface area (Å²) in [4.78, 5) is 17.0. The molecule has 0 bridgehead atoms. The highest BCUT2D eigenvalue weighted by atomic mass is 127. The second kappa shape index (κ2) is 8.90. The Morgan fingerprint density at radius 2 is 1.95 bits per heavy atom. The van der Waals surface area contributed by atoms with Crippen LogP contribution in [-0.4, -0.2) is 67.1 Å². The van der Waals surface area contributed by atoms with Crippen LogP contribution in [0.2, 0.25) is 0 Å². The molecule has 0 radical (unpaired) electrons. The number of aliphatic imine (C=N–C) groups is 1. The van der Waals surface area contributed by atoms with Gasteiger partial charge in [0.05, 0.1) is 0 Å². The van der Waals surface area contributed by atoms with Crippen molar-refractivity contribution in [1.82, 2.24) is 20.2 Å². The average molecular weight is 391 g/mol. The lowest BCUT2D eigenvalue weighted by Crippen LogP contribution is -2.49. The minimum absolute atomic E-state index is 0. The van der Waals surface area contributed by atoms with E-state index in [0.29, 0.717) is 5.96 Å². The van der Waals surface area contributed by atoms with Crippen LogP contribution in [0.5, 0.6) is 0 Å². The molecule has 1 saturated heterocycles. The van der Waals surface area contributed by atoms with E-state index < -0.39 is 0 Å². The van der Waals surface area contributed by atoms with Crippen molar-refractivity contribution in [2.45, 2.75) is 0 Å². The molecule has 0 aromatic carbocycles. The van der Waals surface area contributed by atoms with Gasteiger partial charge in [0.1, 0.15) is 0 Å². The second-order valence-electron chi connectivity index (χ2n) is 4.41. The van der Waals surface area contributed by atoms with Gasteiger partial charge < -0.3 is 16.0 Å². The Kier molecular flexibility index (Phi) is 7.52. The molecule has 20 heavy (non-hydrogen) atoms. The fraction of sp³-hybridized carbons (Fsp3) is 0.583. The molecule has 112 valence electrons. The van der Waals surface area contributed by atoms with Gasteiger partial charge in [-0.2, -0.15) is 0 Å². The van der Waals surface area contributed by atoms with E-state index in [1.54, 1.807) is 19.4 Å². The quantitative estimate of drug-likeness (QED) is 0.419. The molecule has 0 amide bonds. The molecule has 0 atom stereocenters. The third kappa shape index (κ3) is 5.08. The van der Waals surface area contributed by atoms with Crippen molar-refractivity contribution >= 4 is 35.9 Å². The minimum Gasteiger partial charge on any atom is -0.370 e. The van der Waals surface area contributed by atoms with Gasteiger partial charge in [0, 0.05) is 58.7 Å². The van der Waals surface area contributed by atoms with Crippen LogP contribution in [0.25, 0.3) is 0 Å². The maximum absolute atomic E-state index is 5.58. The first kappa shape index (κ1) is 16.9. The van der Waals surface area contributed by atoms with Gasteiger partial charge in [-0.05, 0) is 6.07 Å². The second-order valence-corrected chi connectivity index (χ2v) is 4.41. The first-order valence-electron chi connectivity index (χ1n) is 6.50. The Hall–Kier alpha value is -1.16. The van der Waals surface area contributed by atoms with Gasteiger partial charge in [-0.25, -0.2) is 9.97 Å². The molecule has 1 aliphatic rings. The summed E-state index contributed by atoms with van der Waals surface area (Å²) < 4.78 is 0. The number of piperazine rings is 1. The van der Waals surface area contributed by atoms with E-state index in [-0.39, 0.29) is 24.0 Å². The summed E-state index contributed by atoms with van der Waals surface area (Å²) in [6.07, 6.45) is 3.57. The summed E-state index contributed by atoms with van der Waals surface area (Å²) in [5, 5.41) is 3.07. The number of hydrogen-bond acceptors (Lipinski definition) is 5. The lowest BCUT2D eigenvalue weighted by atomic mass is 10.3. The molecule has 8 heteroatoms. The Labute approximate surface area is 136 Å². The molecule has 7 nitrogen and oxygen atoms in total. The zero-order valence-electron chi connectivity index (χ0n) is 11.7. The molecule has 0 saturated carbocycles. The number of nitrogens with two attached hydrogens (primary N) is 1. The van der Waals surface area contributed by atoms with Crippen molar-refractivity contribution in [3.05, 3.63) is 18.5 Å². The zero-order chi connectivity index (χ0) is 13.5. The van der Waals surface area contributed by atoms with Crippen molar-refractivity contribution in [3.8, 4) is 0 Å². The van der Waals surface area contributed by atoms with E-state index in [0.717, 1.165) is 45.2 Å². The molecule has 3 N–H and O–H groups in total. The van der Waals surface area contributed by atoms with Gasteiger partial charge in [-0.15, -0.1) is 24.0 Å². The van der Waals surface area contributed by atoms with Crippen LogP contribution >= 0.6 is 24.0 Å². The van der Waals surface area contributed by atoms with Crippen LogP contribution < -0.4 is 16.0 Å². The number of guanidine groups is 1.